The van der Waals surface area contributed by atoms with Crippen LogP contribution in [0.5, 0.6) is 0 Å². The van der Waals surface area contributed by atoms with Crippen LogP contribution in [0.3, 0.4) is 0 Å². The van der Waals surface area contributed by atoms with Crippen LogP contribution >= 0.6 is 0 Å². The summed E-state index contributed by atoms with van der Waals surface area (Å²) in [5.41, 5.74) is -5.14. The zero-order valence-corrected chi connectivity index (χ0v) is 26.1. The number of rotatable bonds is 4. The fourth-order valence-electron chi connectivity index (χ4n) is 6.33. The number of hydrogen-bond donors (Lipinski definition) is 0. The highest BCUT2D eigenvalue weighted by atomic mass is 15.3. The highest BCUT2D eigenvalue weighted by molar-refractivity contribution is 6.11. The number of nitrogens with zero attached hydrogens (tertiary/aromatic N) is 7. The van der Waals surface area contributed by atoms with Gasteiger partial charge in [0.05, 0.1) is 68.9 Å². The third-order valence-corrected chi connectivity index (χ3v) is 8.42. The molecule has 0 saturated carbocycles. The number of fused-ring (bicyclic) bond motifs is 9. The van der Waals surface area contributed by atoms with E-state index >= 15 is 0 Å². The van der Waals surface area contributed by atoms with Gasteiger partial charge in [0, 0.05) is 44.1 Å². The third-order valence-electron chi connectivity index (χ3n) is 8.42. The van der Waals surface area contributed by atoms with Crippen molar-refractivity contribution in [3.63, 3.8) is 0 Å². The highest BCUT2D eigenvalue weighted by Crippen LogP contribution is 2.37. The second-order valence-corrected chi connectivity index (χ2v) is 11.3. The molecule has 0 bridgehead atoms. The van der Waals surface area contributed by atoms with Gasteiger partial charge in [-0.1, -0.05) is 96.2 Å². The van der Waals surface area contributed by atoms with E-state index in [2.05, 4.69) is 19.9 Å². The van der Waals surface area contributed by atoms with Crippen LogP contribution in [0.15, 0.2) is 157 Å². The number of hydrogen-bond acceptors (Lipinski definition) is 4. The second kappa shape index (κ2) is 10.9. The molecule has 0 radical (unpaired) electrons. The first-order valence-corrected chi connectivity index (χ1v) is 15.3. The van der Waals surface area contributed by atoms with E-state index in [1.807, 2.05) is 0 Å². The topological polar surface area (TPSA) is 66.3 Å². The Kier molecular flexibility index (Phi) is 2.78. The molecule has 0 saturated heterocycles. The lowest BCUT2D eigenvalue weighted by atomic mass is 10.1. The minimum absolute atomic E-state index is 0.101. The van der Waals surface area contributed by atoms with Crippen LogP contribution < -0.4 is 0 Å². The van der Waals surface area contributed by atoms with Crippen molar-refractivity contribution in [3.8, 4) is 29.0 Å². The molecule has 5 heterocycles. The minimum atomic E-state index is -1.03. The molecule has 0 amide bonds. The fraction of sp³-hybridized carbons (Fsp3) is 0.0222. The van der Waals surface area contributed by atoms with Crippen LogP contribution in [0.1, 0.15) is 41.2 Å². The average Bonchev–Trinajstić information content (AvgIpc) is 4.31. The van der Waals surface area contributed by atoms with Crippen molar-refractivity contribution < 1.29 is 35.6 Å². The fourth-order valence-corrected chi connectivity index (χ4v) is 6.33. The lowest BCUT2D eigenvalue weighted by molar-refractivity contribution is 0.891. The number of aromatic nitrogens is 7. The van der Waals surface area contributed by atoms with Gasteiger partial charge in [-0.2, -0.15) is 15.0 Å². The van der Waals surface area contributed by atoms with E-state index in [9.17, 15) is 11.0 Å². The zero-order valence-electron chi connectivity index (χ0n) is 52.1. The Morgan fingerprint density at radius 2 is 0.923 bits per heavy atom. The standard InChI is InChI=1S/C45H29N7/c1-28-24-25-41-35(27-28)32-16-5-10-22-39(32)52(41)45-48-42(47-44(49-45)51-37-20-8-2-13-29(37)30-14-3-9-21-38(30)51)34-17-6-11-23-40(34)50-36-19-7-4-15-31(36)33-18-12-26-46-43(33)50/h2-27H,1H3/i2D,3D,4D,5D,6D,7D,8D,9D,10D,11D,12D,13D,14D,15D,16D,17D,18D,19D,20D,21D,22D,23D,24D,25D,26D,27D. The third kappa shape index (κ3) is 4.07. The molecular weight excluding hydrogens is 639 g/mol. The monoisotopic (exact) mass is 693 g/mol. The van der Waals surface area contributed by atoms with E-state index in [1.54, 1.807) is 0 Å². The van der Waals surface area contributed by atoms with Crippen molar-refractivity contribution in [3.05, 3.63) is 163 Å². The van der Waals surface area contributed by atoms with Gasteiger partial charge >= 0.3 is 0 Å². The predicted molar refractivity (Wildman–Crippen MR) is 211 cm³/mol. The van der Waals surface area contributed by atoms with Crippen molar-refractivity contribution >= 4 is 65.5 Å². The Morgan fingerprint density at radius 3 is 1.56 bits per heavy atom. The summed E-state index contributed by atoms with van der Waals surface area (Å²) < 4.78 is 236. The van der Waals surface area contributed by atoms with Gasteiger partial charge in [0.15, 0.2) is 5.82 Å². The lowest BCUT2D eigenvalue weighted by Crippen LogP contribution is -2.11. The largest absolute Gasteiger partial charge is 0.293 e. The van der Waals surface area contributed by atoms with E-state index in [1.165, 1.54) is 6.92 Å². The van der Waals surface area contributed by atoms with Crippen molar-refractivity contribution in [1.82, 2.24) is 33.6 Å². The van der Waals surface area contributed by atoms with Gasteiger partial charge < -0.3 is 0 Å². The Labute approximate surface area is 334 Å². The lowest BCUT2D eigenvalue weighted by Gasteiger charge is -2.15. The molecule has 0 aliphatic carbocycles. The van der Waals surface area contributed by atoms with Crippen molar-refractivity contribution in [2.45, 2.75) is 6.92 Å². The zero-order chi connectivity index (χ0) is 57.0. The smallest absolute Gasteiger partial charge is 0.240 e. The van der Waals surface area contributed by atoms with Crippen LogP contribution in [0, 0.1) is 6.92 Å². The van der Waals surface area contributed by atoms with Crippen molar-refractivity contribution in [2.75, 3.05) is 0 Å². The van der Waals surface area contributed by atoms with E-state index in [0.29, 0.717) is 0 Å². The minimum Gasteiger partial charge on any atom is -0.293 e. The summed E-state index contributed by atoms with van der Waals surface area (Å²) in [6.45, 7) is 1.33. The molecule has 7 nitrogen and oxygen atoms in total. The summed E-state index contributed by atoms with van der Waals surface area (Å²) in [7, 11) is 0. The van der Waals surface area contributed by atoms with E-state index in [4.69, 9.17) is 24.7 Å². The summed E-state index contributed by atoms with van der Waals surface area (Å²) in [6, 6.07) is -20.7. The highest BCUT2D eigenvalue weighted by Gasteiger charge is 2.23. The van der Waals surface area contributed by atoms with Gasteiger partial charge in [0.1, 0.15) is 5.65 Å². The number of benzene rings is 6. The molecule has 0 unspecified atom stereocenters. The molecule has 6 aromatic carbocycles. The number of para-hydroxylation sites is 5. The molecule has 0 atom stereocenters. The maximum Gasteiger partial charge on any atom is 0.240 e. The van der Waals surface area contributed by atoms with Gasteiger partial charge in [-0.05, 0) is 67.3 Å². The summed E-state index contributed by atoms with van der Waals surface area (Å²) >= 11 is 0. The molecule has 244 valence electrons. The normalized spacial score (nSPS) is 18.9. The maximum atomic E-state index is 9.62. The number of pyridine rings is 1. The molecule has 11 rings (SSSR count). The average molecular weight is 694 g/mol. The summed E-state index contributed by atoms with van der Waals surface area (Å²) in [4.78, 5) is 18.1. The van der Waals surface area contributed by atoms with E-state index in [-0.39, 0.29) is 16.3 Å². The molecule has 0 N–H and O–H groups in total. The second-order valence-electron chi connectivity index (χ2n) is 11.3. The van der Waals surface area contributed by atoms with Gasteiger partial charge in [0.2, 0.25) is 11.9 Å². The Hall–Kier alpha value is -7.12. The molecule has 11 aromatic rings. The van der Waals surface area contributed by atoms with Gasteiger partial charge in [-0.15, -0.1) is 0 Å². The van der Waals surface area contributed by atoms with Crippen LogP contribution in [0.2, 0.25) is 0 Å². The van der Waals surface area contributed by atoms with Gasteiger partial charge in [0.25, 0.3) is 0 Å². The maximum absolute atomic E-state index is 9.62. The van der Waals surface area contributed by atoms with Crippen molar-refractivity contribution in [2.24, 2.45) is 0 Å². The summed E-state index contributed by atoms with van der Waals surface area (Å²) in [6.07, 6.45) is -0.876. The van der Waals surface area contributed by atoms with Crippen LogP contribution in [0.4, 0.5) is 0 Å². The Morgan fingerprint density at radius 1 is 0.442 bits per heavy atom. The van der Waals surface area contributed by atoms with Crippen LogP contribution in [-0.2, 0) is 0 Å². The molecule has 0 fully saturated rings. The molecule has 0 spiro atoms. The Bertz CT molecular complexity index is 4380. The van der Waals surface area contributed by atoms with Crippen LogP contribution in [0.25, 0.3) is 94.5 Å². The van der Waals surface area contributed by atoms with Crippen LogP contribution in [-0.4, -0.2) is 33.6 Å². The van der Waals surface area contributed by atoms with E-state index in [0.717, 1.165) is 13.7 Å². The first-order valence-electron chi connectivity index (χ1n) is 28.3. The van der Waals surface area contributed by atoms with Gasteiger partial charge in [-0.3, -0.25) is 13.7 Å². The molecule has 52 heavy (non-hydrogen) atoms. The molecule has 7 heteroatoms. The van der Waals surface area contributed by atoms with E-state index < -0.39 is 241 Å². The molecule has 5 aromatic heterocycles. The predicted octanol–water partition coefficient (Wildman–Crippen LogP) is 10.5. The first kappa shape index (κ1) is 13.2. The quantitative estimate of drug-likeness (QED) is 0.184. The summed E-state index contributed by atoms with van der Waals surface area (Å²) in [5, 5.41) is -2.62. The summed E-state index contributed by atoms with van der Waals surface area (Å²) in [5.74, 6) is -2.68. The molecule has 0 aliphatic heterocycles. The Balaban J connectivity index is 1.46. The van der Waals surface area contributed by atoms with Gasteiger partial charge in [-0.25, -0.2) is 4.98 Å². The SMILES string of the molecule is [2H]c1nc2c(c([2H])c1[2H])c1c([2H])c([2H])c([2H])c([2H])c1n2-c1c([2H])c([2H])c([2H])c([2H])c1-c1nc(-n2c3c([2H])c([2H])c([2H])c([2H])c3c3c([2H])c([2H])c([2H])c([2H])c32)nc(-n2c3c([2H])c([2H])c([2H])c([2H])c3c3c([2H])c(C)c([2H])c([2H])c32)n1. The molecular formula is C45H29N7. The van der Waals surface area contributed by atoms with Crippen molar-refractivity contribution in [1.29, 1.82) is 0 Å². The first-order chi connectivity index (χ1) is 36.5. The molecule has 0 aliphatic rings.